The molecule has 3 N–H and O–H groups in total. The first-order valence-electron chi connectivity index (χ1n) is 6.17. The van der Waals surface area contributed by atoms with Crippen molar-refractivity contribution in [2.24, 2.45) is 10.7 Å². The van der Waals surface area contributed by atoms with Crippen LogP contribution in [0.3, 0.4) is 0 Å². The van der Waals surface area contributed by atoms with Crippen molar-refractivity contribution in [3.8, 4) is 5.69 Å². The van der Waals surface area contributed by atoms with Crippen molar-refractivity contribution >= 4 is 5.96 Å². The van der Waals surface area contributed by atoms with Gasteiger partial charge in [-0.15, -0.1) is 5.10 Å². The first-order chi connectivity index (χ1) is 9.15. The molecule has 6 nitrogen and oxygen atoms in total. The average Bonchev–Trinajstić information content (AvgIpc) is 2.85. The van der Waals surface area contributed by atoms with E-state index in [1.165, 1.54) is 0 Å². The van der Waals surface area contributed by atoms with E-state index in [9.17, 15) is 0 Å². The summed E-state index contributed by atoms with van der Waals surface area (Å²) in [4.78, 5) is 8.39. The van der Waals surface area contributed by atoms with Crippen molar-refractivity contribution in [1.29, 1.82) is 0 Å². The number of hydrogen-bond donors (Lipinski definition) is 2. The summed E-state index contributed by atoms with van der Waals surface area (Å²) in [6.07, 6.45) is 1.67. The predicted octanol–water partition coefficient (Wildman–Crippen LogP) is 1.08. The van der Waals surface area contributed by atoms with Crippen LogP contribution >= 0.6 is 0 Å². The Balaban J connectivity index is 2.02. The number of hydrogen-bond acceptors (Lipinski definition) is 3. The molecule has 0 fully saturated rings. The maximum absolute atomic E-state index is 5.72. The molecule has 2 aromatic rings. The number of guanidine groups is 1. The SMILES string of the molecule is CC(C)NC(N)=NCc1ncn(-c2ccccc2)n1. The minimum absolute atomic E-state index is 0.263. The van der Waals surface area contributed by atoms with Gasteiger partial charge < -0.3 is 11.1 Å². The quantitative estimate of drug-likeness (QED) is 0.635. The van der Waals surface area contributed by atoms with Gasteiger partial charge in [0.05, 0.1) is 5.69 Å². The van der Waals surface area contributed by atoms with E-state index in [0.29, 0.717) is 18.3 Å². The third kappa shape index (κ3) is 3.80. The summed E-state index contributed by atoms with van der Waals surface area (Å²) >= 11 is 0. The molecule has 0 saturated carbocycles. The third-order valence-electron chi connectivity index (χ3n) is 2.39. The van der Waals surface area contributed by atoms with Crippen LogP contribution in [0.25, 0.3) is 5.69 Å². The van der Waals surface area contributed by atoms with E-state index in [2.05, 4.69) is 20.4 Å². The van der Waals surface area contributed by atoms with E-state index < -0.39 is 0 Å². The Morgan fingerprint density at radius 1 is 1.37 bits per heavy atom. The lowest BCUT2D eigenvalue weighted by molar-refractivity contribution is 0.721. The average molecular weight is 258 g/mol. The van der Waals surface area contributed by atoms with Crippen LogP contribution in [-0.4, -0.2) is 26.8 Å². The number of rotatable bonds is 4. The zero-order valence-electron chi connectivity index (χ0n) is 11.1. The van der Waals surface area contributed by atoms with Gasteiger partial charge in [0, 0.05) is 6.04 Å². The first kappa shape index (κ1) is 13.1. The maximum Gasteiger partial charge on any atom is 0.189 e. The van der Waals surface area contributed by atoms with Crippen LogP contribution in [0.2, 0.25) is 0 Å². The number of nitrogens with zero attached hydrogens (tertiary/aromatic N) is 4. The van der Waals surface area contributed by atoms with E-state index in [0.717, 1.165) is 5.69 Å². The van der Waals surface area contributed by atoms with Gasteiger partial charge in [0.1, 0.15) is 12.9 Å². The molecule has 1 aromatic heterocycles. The number of nitrogens with two attached hydrogens (primary N) is 1. The summed E-state index contributed by atoms with van der Waals surface area (Å²) < 4.78 is 1.72. The fourth-order valence-corrected chi connectivity index (χ4v) is 1.57. The molecule has 0 unspecified atom stereocenters. The smallest absolute Gasteiger partial charge is 0.189 e. The lowest BCUT2D eigenvalue weighted by atomic mass is 10.3. The van der Waals surface area contributed by atoms with Crippen LogP contribution < -0.4 is 11.1 Å². The van der Waals surface area contributed by atoms with Gasteiger partial charge in [-0.25, -0.2) is 14.7 Å². The highest BCUT2D eigenvalue weighted by Gasteiger charge is 2.02. The van der Waals surface area contributed by atoms with Gasteiger partial charge in [0.2, 0.25) is 0 Å². The molecular weight excluding hydrogens is 240 g/mol. The topological polar surface area (TPSA) is 81.1 Å². The van der Waals surface area contributed by atoms with E-state index in [1.807, 2.05) is 44.2 Å². The minimum Gasteiger partial charge on any atom is -0.370 e. The summed E-state index contributed by atoms with van der Waals surface area (Å²) in [5.41, 5.74) is 6.69. The van der Waals surface area contributed by atoms with Crippen molar-refractivity contribution in [3.05, 3.63) is 42.5 Å². The van der Waals surface area contributed by atoms with Crippen molar-refractivity contribution in [1.82, 2.24) is 20.1 Å². The molecule has 0 bridgehead atoms. The van der Waals surface area contributed by atoms with E-state index in [-0.39, 0.29) is 6.04 Å². The Morgan fingerprint density at radius 2 is 2.11 bits per heavy atom. The molecule has 1 heterocycles. The lowest BCUT2D eigenvalue weighted by Crippen LogP contribution is -2.36. The third-order valence-corrected chi connectivity index (χ3v) is 2.39. The first-order valence-corrected chi connectivity index (χ1v) is 6.17. The molecule has 6 heteroatoms. The van der Waals surface area contributed by atoms with Crippen molar-refractivity contribution in [2.45, 2.75) is 26.4 Å². The second-order valence-corrected chi connectivity index (χ2v) is 4.44. The molecule has 0 amide bonds. The molecule has 0 aliphatic heterocycles. The number of benzene rings is 1. The summed E-state index contributed by atoms with van der Waals surface area (Å²) in [7, 11) is 0. The minimum atomic E-state index is 0.263. The van der Waals surface area contributed by atoms with Crippen molar-refractivity contribution in [3.63, 3.8) is 0 Å². The molecule has 0 aliphatic rings. The normalized spacial score (nSPS) is 11.8. The molecule has 0 aliphatic carbocycles. The molecular formula is C13H18N6. The zero-order chi connectivity index (χ0) is 13.7. The Morgan fingerprint density at radius 3 is 2.79 bits per heavy atom. The van der Waals surface area contributed by atoms with Crippen LogP contribution in [-0.2, 0) is 6.54 Å². The molecule has 19 heavy (non-hydrogen) atoms. The van der Waals surface area contributed by atoms with Crippen LogP contribution in [0.5, 0.6) is 0 Å². The highest BCUT2D eigenvalue weighted by atomic mass is 15.3. The molecule has 0 radical (unpaired) electrons. The number of aliphatic imine (C=N–C) groups is 1. The summed E-state index contributed by atoms with van der Waals surface area (Å²) in [5, 5.41) is 7.36. The Hall–Kier alpha value is -2.37. The van der Waals surface area contributed by atoms with Crippen LogP contribution in [0, 0.1) is 0 Å². The standard InChI is InChI=1S/C13H18N6/c1-10(2)17-13(14)15-8-12-16-9-19(18-12)11-6-4-3-5-7-11/h3-7,9-10H,8H2,1-2H3,(H3,14,15,17). The molecule has 0 spiro atoms. The molecule has 0 atom stereocenters. The maximum atomic E-state index is 5.72. The summed E-state index contributed by atoms with van der Waals surface area (Å²) in [6, 6.07) is 10.1. The zero-order valence-corrected chi connectivity index (χ0v) is 11.1. The molecule has 0 saturated heterocycles. The van der Waals surface area contributed by atoms with Gasteiger partial charge in [-0.2, -0.15) is 0 Å². The predicted molar refractivity (Wildman–Crippen MR) is 75.0 cm³/mol. The number of para-hydroxylation sites is 1. The summed E-state index contributed by atoms with van der Waals surface area (Å²) in [6.45, 7) is 4.38. The monoisotopic (exact) mass is 258 g/mol. The van der Waals surface area contributed by atoms with Gasteiger partial charge in [0.15, 0.2) is 11.8 Å². The fourth-order valence-electron chi connectivity index (χ4n) is 1.57. The number of aromatic nitrogens is 3. The highest BCUT2D eigenvalue weighted by molar-refractivity contribution is 5.77. The Kier molecular flexibility index (Phi) is 4.12. The van der Waals surface area contributed by atoms with Crippen molar-refractivity contribution in [2.75, 3.05) is 0 Å². The van der Waals surface area contributed by atoms with E-state index in [1.54, 1.807) is 11.0 Å². The van der Waals surface area contributed by atoms with Gasteiger partial charge in [-0.3, -0.25) is 0 Å². The van der Waals surface area contributed by atoms with E-state index >= 15 is 0 Å². The largest absolute Gasteiger partial charge is 0.370 e. The summed E-state index contributed by atoms with van der Waals surface area (Å²) in [5.74, 6) is 1.04. The highest BCUT2D eigenvalue weighted by Crippen LogP contribution is 2.04. The van der Waals surface area contributed by atoms with Crippen LogP contribution in [0.4, 0.5) is 0 Å². The Labute approximate surface area is 112 Å². The van der Waals surface area contributed by atoms with Gasteiger partial charge in [-0.1, -0.05) is 18.2 Å². The van der Waals surface area contributed by atoms with Gasteiger partial charge in [0.25, 0.3) is 0 Å². The van der Waals surface area contributed by atoms with Gasteiger partial charge >= 0.3 is 0 Å². The van der Waals surface area contributed by atoms with Gasteiger partial charge in [-0.05, 0) is 26.0 Å². The molecule has 2 rings (SSSR count). The second kappa shape index (κ2) is 5.99. The molecule has 100 valence electrons. The molecule has 1 aromatic carbocycles. The number of nitrogens with one attached hydrogen (secondary N) is 1. The van der Waals surface area contributed by atoms with E-state index in [4.69, 9.17) is 5.73 Å². The fraction of sp³-hybridized carbons (Fsp3) is 0.308. The van der Waals surface area contributed by atoms with Crippen LogP contribution in [0.1, 0.15) is 19.7 Å². The lowest BCUT2D eigenvalue weighted by Gasteiger charge is -2.07. The van der Waals surface area contributed by atoms with Crippen molar-refractivity contribution < 1.29 is 0 Å². The second-order valence-electron chi connectivity index (χ2n) is 4.44. The Bertz CT molecular complexity index is 543. The van der Waals surface area contributed by atoms with Crippen LogP contribution in [0.15, 0.2) is 41.7 Å².